The summed E-state index contributed by atoms with van der Waals surface area (Å²) in [7, 11) is 0. The van der Waals surface area contributed by atoms with Gasteiger partial charge in [-0.3, -0.25) is 0 Å². The minimum Gasteiger partial charge on any atom is -0.368 e. The molecule has 0 saturated heterocycles. The number of rotatable bonds is 3. The van der Waals surface area contributed by atoms with E-state index in [1.807, 2.05) is 0 Å². The van der Waals surface area contributed by atoms with E-state index in [2.05, 4.69) is 48.7 Å². The summed E-state index contributed by atoms with van der Waals surface area (Å²) in [6.07, 6.45) is 5.26. The first-order chi connectivity index (χ1) is 8.24. The summed E-state index contributed by atoms with van der Waals surface area (Å²) < 4.78 is 0. The maximum Gasteiger partial charge on any atom is 0.0401 e. The summed E-state index contributed by atoms with van der Waals surface area (Å²) in [6.45, 7) is 3.57. The molecule has 1 saturated carbocycles. The second-order valence-corrected chi connectivity index (χ2v) is 6.12. The van der Waals surface area contributed by atoms with E-state index in [4.69, 9.17) is 0 Å². The van der Waals surface area contributed by atoms with Crippen molar-refractivity contribution in [3.05, 3.63) is 29.8 Å². The van der Waals surface area contributed by atoms with Crippen molar-refractivity contribution in [2.75, 3.05) is 17.2 Å². The Morgan fingerprint density at radius 3 is 2.82 bits per heavy atom. The molecule has 1 unspecified atom stereocenters. The van der Waals surface area contributed by atoms with Crippen LogP contribution in [0.25, 0.3) is 0 Å². The highest BCUT2D eigenvalue weighted by Crippen LogP contribution is 2.48. The van der Waals surface area contributed by atoms with Gasteiger partial charge in [-0.2, -0.15) is 12.6 Å². The highest BCUT2D eigenvalue weighted by molar-refractivity contribution is 7.80. The van der Waals surface area contributed by atoms with E-state index in [1.165, 1.54) is 43.5 Å². The highest BCUT2D eigenvalue weighted by atomic mass is 32.1. The Morgan fingerprint density at radius 1 is 1.35 bits per heavy atom. The molecule has 1 fully saturated rings. The molecule has 2 aliphatic rings. The van der Waals surface area contributed by atoms with Crippen LogP contribution in [-0.4, -0.2) is 18.3 Å². The van der Waals surface area contributed by atoms with Crippen LogP contribution < -0.4 is 4.90 Å². The monoisotopic (exact) mass is 247 g/mol. The van der Waals surface area contributed by atoms with Gasteiger partial charge in [0.2, 0.25) is 0 Å². The van der Waals surface area contributed by atoms with Crippen LogP contribution in [0.4, 0.5) is 5.69 Å². The minimum atomic E-state index is 0.516. The first kappa shape index (κ1) is 11.5. The van der Waals surface area contributed by atoms with Crippen LogP contribution in [-0.2, 0) is 6.42 Å². The van der Waals surface area contributed by atoms with E-state index in [0.29, 0.717) is 11.5 Å². The van der Waals surface area contributed by atoms with Gasteiger partial charge in [0.25, 0.3) is 0 Å². The van der Waals surface area contributed by atoms with Crippen molar-refractivity contribution in [2.24, 2.45) is 5.41 Å². The van der Waals surface area contributed by atoms with Crippen molar-refractivity contribution in [1.82, 2.24) is 0 Å². The Balaban J connectivity index is 1.87. The molecule has 1 nitrogen and oxygen atoms in total. The number of aryl methyl sites for hydroxylation is 1. The Kier molecular flexibility index (Phi) is 2.86. The van der Waals surface area contributed by atoms with E-state index in [1.54, 1.807) is 0 Å². The summed E-state index contributed by atoms with van der Waals surface area (Å²) in [5, 5.41) is 0. The number of thiol groups is 1. The summed E-state index contributed by atoms with van der Waals surface area (Å²) >= 11 is 4.54. The van der Waals surface area contributed by atoms with Crippen molar-refractivity contribution in [1.29, 1.82) is 0 Å². The number of hydrogen-bond donors (Lipinski definition) is 1. The van der Waals surface area contributed by atoms with E-state index < -0.39 is 0 Å². The number of para-hydroxylation sites is 1. The molecule has 1 aliphatic carbocycles. The summed E-state index contributed by atoms with van der Waals surface area (Å²) in [5.74, 6) is 1.04. The average molecular weight is 247 g/mol. The molecule has 0 spiro atoms. The second-order valence-electron chi connectivity index (χ2n) is 5.80. The number of anilines is 1. The Morgan fingerprint density at radius 2 is 2.12 bits per heavy atom. The zero-order chi connectivity index (χ0) is 11.9. The third-order valence-corrected chi connectivity index (χ3v) is 5.13. The SMILES string of the molecule is CC1CCc2ccccc2N1CC1(CS)CC1. The Bertz CT molecular complexity index is 411. The lowest BCUT2D eigenvalue weighted by atomic mass is 9.95. The second kappa shape index (κ2) is 4.24. The van der Waals surface area contributed by atoms with E-state index in [0.717, 1.165) is 5.75 Å². The van der Waals surface area contributed by atoms with Crippen molar-refractivity contribution >= 4 is 18.3 Å². The summed E-state index contributed by atoms with van der Waals surface area (Å²) in [6, 6.07) is 9.60. The molecule has 1 aliphatic heterocycles. The number of nitrogens with zero attached hydrogens (tertiary/aromatic N) is 1. The van der Waals surface area contributed by atoms with Crippen molar-refractivity contribution < 1.29 is 0 Å². The van der Waals surface area contributed by atoms with Gasteiger partial charge in [0.05, 0.1) is 0 Å². The third-order valence-electron chi connectivity index (χ3n) is 4.46. The van der Waals surface area contributed by atoms with Crippen LogP contribution in [0.5, 0.6) is 0 Å². The highest BCUT2D eigenvalue weighted by Gasteiger charge is 2.44. The summed E-state index contributed by atoms with van der Waals surface area (Å²) in [5.41, 5.74) is 3.52. The smallest absolute Gasteiger partial charge is 0.0401 e. The molecule has 0 aromatic heterocycles. The molecule has 0 N–H and O–H groups in total. The van der Waals surface area contributed by atoms with Gasteiger partial charge in [-0.15, -0.1) is 0 Å². The van der Waals surface area contributed by atoms with Crippen molar-refractivity contribution in [3.63, 3.8) is 0 Å². The van der Waals surface area contributed by atoms with Crippen LogP contribution in [0, 0.1) is 5.41 Å². The molecule has 1 aromatic carbocycles. The van der Waals surface area contributed by atoms with Crippen LogP contribution in [0.2, 0.25) is 0 Å². The first-order valence-electron chi connectivity index (χ1n) is 6.69. The zero-order valence-electron chi connectivity index (χ0n) is 10.5. The lowest BCUT2D eigenvalue weighted by Crippen LogP contribution is -2.41. The van der Waals surface area contributed by atoms with Gasteiger partial charge < -0.3 is 4.90 Å². The van der Waals surface area contributed by atoms with Crippen LogP contribution in [0.3, 0.4) is 0 Å². The predicted octanol–water partition coefficient (Wildman–Crippen LogP) is 3.54. The van der Waals surface area contributed by atoms with Gasteiger partial charge in [-0.05, 0) is 55.4 Å². The molecule has 1 aromatic rings. The summed E-state index contributed by atoms with van der Waals surface area (Å²) in [4.78, 5) is 2.63. The molecule has 2 heteroatoms. The fraction of sp³-hybridized carbons (Fsp3) is 0.600. The number of benzene rings is 1. The fourth-order valence-electron chi connectivity index (χ4n) is 2.91. The fourth-order valence-corrected chi connectivity index (χ4v) is 3.32. The average Bonchev–Trinajstić information content (AvgIpc) is 3.14. The molecular formula is C15H21NS. The maximum atomic E-state index is 4.54. The maximum absolute atomic E-state index is 4.54. The quantitative estimate of drug-likeness (QED) is 0.800. The van der Waals surface area contributed by atoms with E-state index in [-0.39, 0.29) is 0 Å². The van der Waals surface area contributed by atoms with Crippen LogP contribution in [0.15, 0.2) is 24.3 Å². The van der Waals surface area contributed by atoms with Crippen molar-refractivity contribution in [2.45, 2.75) is 38.6 Å². The van der Waals surface area contributed by atoms with E-state index in [9.17, 15) is 0 Å². The normalized spacial score (nSPS) is 25.5. The largest absolute Gasteiger partial charge is 0.368 e. The molecular weight excluding hydrogens is 226 g/mol. The number of fused-ring (bicyclic) bond motifs is 1. The lowest BCUT2D eigenvalue weighted by Gasteiger charge is -2.39. The van der Waals surface area contributed by atoms with Gasteiger partial charge in [0, 0.05) is 18.3 Å². The van der Waals surface area contributed by atoms with Crippen LogP contribution >= 0.6 is 12.6 Å². The predicted molar refractivity (Wildman–Crippen MR) is 77.1 cm³/mol. The van der Waals surface area contributed by atoms with E-state index >= 15 is 0 Å². The minimum absolute atomic E-state index is 0.516. The Labute approximate surface area is 110 Å². The molecule has 92 valence electrons. The molecule has 0 bridgehead atoms. The molecule has 0 radical (unpaired) electrons. The molecule has 0 amide bonds. The number of hydrogen-bond acceptors (Lipinski definition) is 2. The van der Waals surface area contributed by atoms with Gasteiger partial charge in [-0.1, -0.05) is 18.2 Å². The molecule has 1 heterocycles. The van der Waals surface area contributed by atoms with Gasteiger partial charge in [0.1, 0.15) is 0 Å². The lowest BCUT2D eigenvalue weighted by molar-refractivity contribution is 0.485. The van der Waals surface area contributed by atoms with Crippen LogP contribution in [0.1, 0.15) is 31.7 Å². The Hall–Kier alpha value is -0.630. The molecule has 1 atom stereocenters. The van der Waals surface area contributed by atoms with Crippen molar-refractivity contribution in [3.8, 4) is 0 Å². The van der Waals surface area contributed by atoms with Gasteiger partial charge >= 0.3 is 0 Å². The van der Waals surface area contributed by atoms with Gasteiger partial charge in [0.15, 0.2) is 0 Å². The molecule has 17 heavy (non-hydrogen) atoms. The third kappa shape index (κ3) is 2.08. The zero-order valence-corrected chi connectivity index (χ0v) is 11.4. The molecule has 3 rings (SSSR count). The topological polar surface area (TPSA) is 3.24 Å². The first-order valence-corrected chi connectivity index (χ1v) is 7.33. The standard InChI is InChI=1S/C15H21NS/c1-12-6-7-13-4-2-3-5-14(13)16(12)10-15(11-17)8-9-15/h2-5,12,17H,6-11H2,1H3. The van der Waals surface area contributed by atoms with Gasteiger partial charge in [-0.25, -0.2) is 0 Å².